The van der Waals surface area contributed by atoms with Crippen LogP contribution in [0.25, 0.3) is 0 Å². The highest BCUT2D eigenvalue weighted by Gasteiger charge is 2.15. The number of hydrogen-bond acceptors (Lipinski definition) is 4. The van der Waals surface area contributed by atoms with Crippen molar-refractivity contribution in [2.75, 3.05) is 19.0 Å². The van der Waals surface area contributed by atoms with Crippen molar-refractivity contribution in [3.8, 4) is 6.07 Å². The molecule has 0 radical (unpaired) electrons. The first-order chi connectivity index (χ1) is 8.58. The second-order valence-electron chi connectivity index (χ2n) is 3.68. The fourth-order valence-corrected chi connectivity index (χ4v) is 1.49. The average Bonchev–Trinajstić information content (AvgIpc) is 2.36. The SMILES string of the molecule is COCCC(N)C(=O)Nc1cc(Cl)ccc1C#N. The number of benzene rings is 1. The van der Waals surface area contributed by atoms with Crippen LogP contribution in [0.15, 0.2) is 18.2 Å². The normalized spacial score (nSPS) is 11.7. The summed E-state index contributed by atoms with van der Waals surface area (Å²) in [6.45, 7) is 0.398. The van der Waals surface area contributed by atoms with Crippen molar-refractivity contribution in [3.63, 3.8) is 0 Å². The number of hydrogen-bond donors (Lipinski definition) is 2. The first kappa shape index (κ1) is 14.5. The molecule has 0 heterocycles. The summed E-state index contributed by atoms with van der Waals surface area (Å²) in [6.07, 6.45) is 0.408. The molecule has 6 heteroatoms. The Hall–Kier alpha value is -1.61. The third-order valence-corrected chi connectivity index (χ3v) is 2.56. The second kappa shape index (κ2) is 6.97. The third-order valence-electron chi connectivity index (χ3n) is 2.33. The standard InChI is InChI=1S/C12H14ClN3O2/c1-18-5-4-10(15)12(17)16-11-6-9(13)3-2-8(11)7-14/h2-3,6,10H,4-5,15H2,1H3,(H,16,17). The number of nitrogens with zero attached hydrogens (tertiary/aromatic N) is 1. The second-order valence-corrected chi connectivity index (χ2v) is 4.12. The fraction of sp³-hybridized carbons (Fsp3) is 0.333. The number of carbonyl (C=O) groups is 1. The van der Waals surface area contributed by atoms with E-state index < -0.39 is 6.04 Å². The van der Waals surface area contributed by atoms with Crippen molar-refractivity contribution < 1.29 is 9.53 Å². The van der Waals surface area contributed by atoms with E-state index >= 15 is 0 Å². The lowest BCUT2D eigenvalue weighted by atomic mass is 10.1. The minimum atomic E-state index is -0.685. The number of nitriles is 1. The largest absolute Gasteiger partial charge is 0.385 e. The molecule has 0 aliphatic heterocycles. The maximum atomic E-state index is 11.8. The number of halogens is 1. The predicted molar refractivity (Wildman–Crippen MR) is 69.3 cm³/mol. The molecule has 18 heavy (non-hydrogen) atoms. The molecule has 0 spiro atoms. The summed E-state index contributed by atoms with van der Waals surface area (Å²) in [6, 6.07) is 5.93. The molecule has 1 amide bonds. The minimum Gasteiger partial charge on any atom is -0.385 e. The number of nitrogens with one attached hydrogen (secondary N) is 1. The summed E-state index contributed by atoms with van der Waals surface area (Å²) >= 11 is 5.81. The Bertz CT molecular complexity index is 471. The molecule has 1 unspecified atom stereocenters. The molecule has 5 nitrogen and oxygen atoms in total. The molecule has 0 aliphatic carbocycles. The molecule has 0 saturated carbocycles. The van der Waals surface area contributed by atoms with E-state index in [2.05, 4.69) is 5.32 Å². The number of carbonyl (C=O) groups excluding carboxylic acids is 1. The van der Waals surface area contributed by atoms with Crippen molar-refractivity contribution in [3.05, 3.63) is 28.8 Å². The van der Waals surface area contributed by atoms with Crippen LogP contribution in [0.4, 0.5) is 5.69 Å². The van der Waals surface area contributed by atoms with Gasteiger partial charge < -0.3 is 15.8 Å². The maximum Gasteiger partial charge on any atom is 0.241 e. The summed E-state index contributed by atoms with van der Waals surface area (Å²) in [7, 11) is 1.54. The Kier molecular flexibility index (Phi) is 5.59. The molecule has 0 fully saturated rings. The van der Waals surface area contributed by atoms with Gasteiger partial charge in [0.05, 0.1) is 17.3 Å². The monoisotopic (exact) mass is 267 g/mol. The molecular formula is C12H14ClN3O2. The third kappa shape index (κ3) is 4.00. The van der Waals surface area contributed by atoms with Crippen LogP contribution in [0, 0.1) is 11.3 Å². The molecule has 1 aromatic carbocycles. The number of anilines is 1. The highest BCUT2D eigenvalue weighted by Crippen LogP contribution is 2.20. The zero-order valence-corrected chi connectivity index (χ0v) is 10.7. The van der Waals surface area contributed by atoms with Gasteiger partial charge in [0.25, 0.3) is 0 Å². The summed E-state index contributed by atoms with van der Waals surface area (Å²) in [5.74, 6) is -0.370. The number of nitrogens with two attached hydrogens (primary N) is 1. The van der Waals surface area contributed by atoms with Gasteiger partial charge in [-0.15, -0.1) is 0 Å². The van der Waals surface area contributed by atoms with Gasteiger partial charge in [0.2, 0.25) is 5.91 Å². The van der Waals surface area contributed by atoms with Crippen LogP contribution in [-0.2, 0) is 9.53 Å². The lowest BCUT2D eigenvalue weighted by Crippen LogP contribution is -2.36. The number of ether oxygens (including phenoxy) is 1. The summed E-state index contributed by atoms with van der Waals surface area (Å²) < 4.78 is 4.84. The van der Waals surface area contributed by atoms with Crippen LogP contribution in [0.2, 0.25) is 5.02 Å². The molecule has 0 bridgehead atoms. The molecule has 1 atom stereocenters. The molecule has 1 rings (SSSR count). The van der Waals surface area contributed by atoms with Gasteiger partial charge in [-0.3, -0.25) is 4.79 Å². The summed E-state index contributed by atoms with van der Waals surface area (Å²) in [4.78, 5) is 11.8. The highest BCUT2D eigenvalue weighted by molar-refractivity contribution is 6.31. The van der Waals surface area contributed by atoms with Crippen LogP contribution >= 0.6 is 11.6 Å². The molecule has 3 N–H and O–H groups in total. The van der Waals surface area contributed by atoms with Crippen LogP contribution in [0.5, 0.6) is 0 Å². The molecule has 1 aromatic rings. The molecular weight excluding hydrogens is 254 g/mol. The molecule has 0 aliphatic rings. The van der Waals surface area contributed by atoms with Crippen molar-refractivity contribution in [2.45, 2.75) is 12.5 Å². The van der Waals surface area contributed by atoms with E-state index in [1.54, 1.807) is 12.1 Å². The van der Waals surface area contributed by atoms with E-state index in [0.717, 1.165) is 0 Å². The van der Waals surface area contributed by atoms with E-state index in [-0.39, 0.29) is 5.91 Å². The van der Waals surface area contributed by atoms with Crippen LogP contribution in [0.3, 0.4) is 0 Å². The maximum absolute atomic E-state index is 11.8. The van der Waals surface area contributed by atoms with Crippen molar-refractivity contribution in [1.82, 2.24) is 0 Å². The van der Waals surface area contributed by atoms with Crippen LogP contribution in [0.1, 0.15) is 12.0 Å². The smallest absolute Gasteiger partial charge is 0.241 e. The molecule has 0 aromatic heterocycles. The predicted octanol–water partition coefficient (Wildman–Crippen LogP) is 1.51. The topological polar surface area (TPSA) is 88.1 Å². The Morgan fingerprint density at radius 3 is 3.00 bits per heavy atom. The summed E-state index contributed by atoms with van der Waals surface area (Å²) in [5, 5.41) is 11.9. The Labute approximate surface area is 110 Å². The van der Waals surface area contributed by atoms with Gasteiger partial charge in [0.15, 0.2) is 0 Å². The first-order valence-electron chi connectivity index (χ1n) is 5.33. The number of rotatable bonds is 5. The van der Waals surface area contributed by atoms with Gasteiger partial charge in [-0.25, -0.2) is 0 Å². The van der Waals surface area contributed by atoms with E-state index in [4.69, 9.17) is 27.3 Å². The lowest BCUT2D eigenvalue weighted by Gasteiger charge is -2.12. The average molecular weight is 268 g/mol. The molecule has 0 saturated heterocycles. The van der Waals surface area contributed by atoms with Crippen molar-refractivity contribution in [2.24, 2.45) is 5.73 Å². The first-order valence-corrected chi connectivity index (χ1v) is 5.71. The number of amides is 1. The van der Waals surface area contributed by atoms with E-state index in [1.807, 2.05) is 6.07 Å². The number of methoxy groups -OCH3 is 1. The van der Waals surface area contributed by atoms with Gasteiger partial charge in [-0.1, -0.05) is 11.6 Å². The highest BCUT2D eigenvalue weighted by atomic mass is 35.5. The minimum absolute atomic E-state index is 0.340. The fourth-order valence-electron chi connectivity index (χ4n) is 1.32. The van der Waals surface area contributed by atoms with Gasteiger partial charge in [-0.2, -0.15) is 5.26 Å². The lowest BCUT2D eigenvalue weighted by molar-refractivity contribution is -0.117. The van der Waals surface area contributed by atoms with Crippen LogP contribution in [-0.4, -0.2) is 25.7 Å². The zero-order valence-electron chi connectivity index (χ0n) is 9.94. The van der Waals surface area contributed by atoms with Crippen molar-refractivity contribution >= 4 is 23.2 Å². The summed E-state index contributed by atoms with van der Waals surface area (Å²) in [5.41, 5.74) is 6.38. The van der Waals surface area contributed by atoms with E-state index in [1.165, 1.54) is 13.2 Å². The van der Waals surface area contributed by atoms with Gasteiger partial charge in [-0.05, 0) is 24.6 Å². The Morgan fingerprint density at radius 2 is 2.39 bits per heavy atom. The van der Waals surface area contributed by atoms with E-state index in [0.29, 0.717) is 29.3 Å². The quantitative estimate of drug-likeness (QED) is 0.846. The van der Waals surface area contributed by atoms with E-state index in [9.17, 15) is 4.79 Å². The Balaban J connectivity index is 2.75. The Morgan fingerprint density at radius 1 is 1.67 bits per heavy atom. The molecule has 96 valence electrons. The van der Waals surface area contributed by atoms with Gasteiger partial charge in [0, 0.05) is 18.7 Å². The van der Waals surface area contributed by atoms with Gasteiger partial charge in [0.1, 0.15) is 6.07 Å². The van der Waals surface area contributed by atoms with Gasteiger partial charge >= 0.3 is 0 Å². The van der Waals surface area contributed by atoms with Crippen LogP contribution < -0.4 is 11.1 Å². The zero-order chi connectivity index (χ0) is 13.5. The van der Waals surface area contributed by atoms with Crippen molar-refractivity contribution in [1.29, 1.82) is 5.26 Å².